The fraction of sp³-hybridized carbons (Fsp3) is 0. The highest BCUT2D eigenvalue weighted by Crippen LogP contribution is 2.33. The van der Waals surface area contributed by atoms with Gasteiger partial charge in [-0.25, -0.2) is 4.39 Å². The van der Waals surface area contributed by atoms with Gasteiger partial charge in [-0.05, 0) is 46.3 Å². The lowest BCUT2D eigenvalue weighted by molar-refractivity contribution is 0.0994. The Labute approximate surface area is 117 Å². The van der Waals surface area contributed by atoms with Gasteiger partial charge in [-0.1, -0.05) is 6.07 Å². The summed E-state index contributed by atoms with van der Waals surface area (Å²) in [6.07, 6.45) is 0. The van der Waals surface area contributed by atoms with Crippen LogP contribution in [0, 0.1) is 5.82 Å². The lowest BCUT2D eigenvalue weighted by Crippen LogP contribution is -2.14. The van der Waals surface area contributed by atoms with Crippen LogP contribution in [0.25, 0.3) is 0 Å². The fourth-order valence-corrected chi connectivity index (χ4v) is 2.02. The Kier molecular flexibility index (Phi) is 3.71. The maximum absolute atomic E-state index is 13.6. The van der Waals surface area contributed by atoms with E-state index in [9.17, 15) is 9.18 Å². The molecule has 2 rings (SSSR count). The number of halogens is 2. The van der Waals surface area contributed by atoms with Crippen LogP contribution in [0.5, 0.6) is 11.5 Å². The molecule has 0 heterocycles. The molecule has 0 aliphatic rings. The van der Waals surface area contributed by atoms with E-state index in [2.05, 4.69) is 15.9 Å². The van der Waals surface area contributed by atoms with Crippen molar-refractivity contribution < 1.29 is 13.9 Å². The van der Waals surface area contributed by atoms with Crippen molar-refractivity contribution in [2.45, 2.75) is 0 Å². The summed E-state index contributed by atoms with van der Waals surface area (Å²) in [5.41, 5.74) is 11.0. The predicted octanol–water partition coefficient (Wildman–Crippen LogP) is 3.06. The van der Waals surface area contributed by atoms with Gasteiger partial charge in [0, 0.05) is 5.69 Å². The molecule has 0 spiro atoms. The van der Waals surface area contributed by atoms with Gasteiger partial charge in [-0.3, -0.25) is 4.79 Å². The molecule has 2 aromatic rings. The Morgan fingerprint density at radius 2 is 1.95 bits per heavy atom. The first-order valence-electron chi connectivity index (χ1n) is 5.30. The van der Waals surface area contributed by atoms with Gasteiger partial charge < -0.3 is 16.2 Å². The number of ether oxygens (including phenoxy) is 1. The van der Waals surface area contributed by atoms with Gasteiger partial charge in [0.1, 0.15) is 22.9 Å². The number of anilines is 1. The summed E-state index contributed by atoms with van der Waals surface area (Å²) in [5, 5.41) is 0. The van der Waals surface area contributed by atoms with Crippen molar-refractivity contribution in [3.8, 4) is 11.5 Å². The van der Waals surface area contributed by atoms with Gasteiger partial charge in [-0.2, -0.15) is 0 Å². The van der Waals surface area contributed by atoms with Gasteiger partial charge in [0.15, 0.2) is 0 Å². The molecule has 98 valence electrons. The molecule has 4 nitrogen and oxygen atoms in total. The van der Waals surface area contributed by atoms with Crippen molar-refractivity contribution in [2.75, 3.05) is 5.73 Å². The lowest BCUT2D eigenvalue weighted by atomic mass is 10.2. The molecule has 1 amide bonds. The van der Waals surface area contributed by atoms with Crippen molar-refractivity contribution in [3.05, 3.63) is 52.3 Å². The summed E-state index contributed by atoms with van der Waals surface area (Å²) in [4.78, 5) is 11.2. The zero-order valence-corrected chi connectivity index (χ0v) is 11.3. The monoisotopic (exact) mass is 324 g/mol. The number of rotatable bonds is 3. The Bertz CT molecular complexity index is 647. The van der Waals surface area contributed by atoms with Crippen molar-refractivity contribution in [1.82, 2.24) is 0 Å². The topological polar surface area (TPSA) is 78.3 Å². The third-order valence-corrected chi connectivity index (χ3v) is 3.02. The molecule has 0 radical (unpaired) electrons. The van der Waals surface area contributed by atoms with E-state index in [0.29, 0.717) is 15.9 Å². The highest BCUT2D eigenvalue weighted by molar-refractivity contribution is 9.10. The Morgan fingerprint density at radius 3 is 2.58 bits per heavy atom. The van der Waals surface area contributed by atoms with Crippen molar-refractivity contribution in [1.29, 1.82) is 0 Å². The molecule has 0 aromatic heterocycles. The number of hydrogen-bond acceptors (Lipinski definition) is 3. The predicted molar refractivity (Wildman–Crippen MR) is 73.5 cm³/mol. The van der Waals surface area contributed by atoms with E-state index in [-0.39, 0.29) is 11.3 Å². The van der Waals surface area contributed by atoms with E-state index in [1.807, 2.05) is 0 Å². The zero-order chi connectivity index (χ0) is 14.0. The average Bonchev–Trinajstić information content (AvgIpc) is 2.32. The van der Waals surface area contributed by atoms with Crippen LogP contribution in [0.4, 0.5) is 10.1 Å². The van der Waals surface area contributed by atoms with Crippen LogP contribution in [0.1, 0.15) is 10.4 Å². The van der Waals surface area contributed by atoms with Crippen LogP contribution in [-0.4, -0.2) is 5.91 Å². The number of benzene rings is 2. The standard InChI is InChI=1S/C13H10BrFN2O2/c14-8-6-7(16)4-5-10(8)19-11-3-1-2-9(15)12(11)13(17)18/h1-6H,16H2,(H2,17,18). The molecule has 4 N–H and O–H groups in total. The number of carbonyl (C=O) groups is 1. The van der Waals surface area contributed by atoms with Crippen molar-refractivity contribution in [3.63, 3.8) is 0 Å². The van der Waals surface area contributed by atoms with E-state index in [1.165, 1.54) is 12.1 Å². The summed E-state index contributed by atoms with van der Waals surface area (Å²) in [7, 11) is 0. The van der Waals surface area contributed by atoms with Gasteiger partial charge in [-0.15, -0.1) is 0 Å². The zero-order valence-electron chi connectivity index (χ0n) is 9.69. The largest absolute Gasteiger partial charge is 0.455 e. The van der Waals surface area contributed by atoms with E-state index in [4.69, 9.17) is 16.2 Å². The number of nitrogens with two attached hydrogens (primary N) is 2. The number of carbonyl (C=O) groups excluding carboxylic acids is 1. The molecule has 0 saturated carbocycles. The van der Waals surface area contributed by atoms with Gasteiger partial charge in [0.25, 0.3) is 5.91 Å². The Balaban J connectivity index is 2.44. The molecule has 0 fully saturated rings. The molecule has 0 aliphatic heterocycles. The van der Waals surface area contributed by atoms with Crippen LogP contribution in [-0.2, 0) is 0 Å². The smallest absolute Gasteiger partial charge is 0.255 e. The highest BCUT2D eigenvalue weighted by atomic mass is 79.9. The molecule has 0 aliphatic carbocycles. The van der Waals surface area contributed by atoms with Crippen LogP contribution in [0.3, 0.4) is 0 Å². The second kappa shape index (κ2) is 5.27. The van der Waals surface area contributed by atoms with Crippen LogP contribution in [0.15, 0.2) is 40.9 Å². The van der Waals surface area contributed by atoms with Crippen LogP contribution in [0.2, 0.25) is 0 Å². The second-order valence-electron chi connectivity index (χ2n) is 3.77. The molecule has 0 saturated heterocycles. The highest BCUT2D eigenvalue weighted by Gasteiger charge is 2.16. The van der Waals surface area contributed by atoms with Crippen molar-refractivity contribution in [2.24, 2.45) is 5.73 Å². The van der Waals surface area contributed by atoms with Crippen molar-refractivity contribution >= 4 is 27.5 Å². The maximum atomic E-state index is 13.6. The minimum absolute atomic E-state index is 0.0537. The molecule has 2 aromatic carbocycles. The minimum atomic E-state index is -0.889. The summed E-state index contributed by atoms with van der Waals surface area (Å²) < 4.78 is 19.6. The summed E-state index contributed by atoms with van der Waals surface area (Å²) in [6.45, 7) is 0. The first-order chi connectivity index (χ1) is 8.99. The SMILES string of the molecule is NC(=O)c1c(F)cccc1Oc1ccc(N)cc1Br. The number of primary amides is 1. The Hall–Kier alpha value is -2.08. The molecule has 0 bridgehead atoms. The summed E-state index contributed by atoms with van der Waals surface area (Å²) in [5.74, 6) is -1.16. The molecular weight excluding hydrogens is 315 g/mol. The minimum Gasteiger partial charge on any atom is -0.455 e. The quantitative estimate of drug-likeness (QED) is 0.851. The third-order valence-electron chi connectivity index (χ3n) is 2.40. The van der Waals surface area contributed by atoms with E-state index < -0.39 is 11.7 Å². The molecule has 6 heteroatoms. The van der Waals surface area contributed by atoms with E-state index in [0.717, 1.165) is 6.07 Å². The number of amides is 1. The van der Waals surface area contributed by atoms with E-state index in [1.54, 1.807) is 18.2 Å². The molecule has 19 heavy (non-hydrogen) atoms. The van der Waals surface area contributed by atoms with Gasteiger partial charge in [0.05, 0.1) is 4.47 Å². The molecule has 0 unspecified atom stereocenters. The van der Waals surface area contributed by atoms with Gasteiger partial charge >= 0.3 is 0 Å². The molecular formula is C13H10BrFN2O2. The fourth-order valence-electron chi connectivity index (χ4n) is 1.55. The summed E-state index contributed by atoms with van der Waals surface area (Å²) >= 11 is 3.27. The summed E-state index contributed by atoms with van der Waals surface area (Å²) in [6, 6.07) is 8.91. The second-order valence-corrected chi connectivity index (χ2v) is 4.62. The lowest BCUT2D eigenvalue weighted by Gasteiger charge is -2.11. The first kappa shape index (κ1) is 13.4. The number of hydrogen-bond donors (Lipinski definition) is 2. The van der Waals surface area contributed by atoms with E-state index >= 15 is 0 Å². The average molecular weight is 325 g/mol. The number of nitrogen functional groups attached to an aromatic ring is 1. The first-order valence-corrected chi connectivity index (χ1v) is 6.09. The molecule has 0 atom stereocenters. The van der Waals surface area contributed by atoms with Crippen LogP contribution >= 0.6 is 15.9 Å². The van der Waals surface area contributed by atoms with Crippen LogP contribution < -0.4 is 16.2 Å². The maximum Gasteiger partial charge on any atom is 0.255 e. The normalized spacial score (nSPS) is 10.2. The Morgan fingerprint density at radius 1 is 1.21 bits per heavy atom. The third kappa shape index (κ3) is 2.85. The van der Waals surface area contributed by atoms with Gasteiger partial charge in [0.2, 0.25) is 0 Å².